The van der Waals surface area contributed by atoms with Gasteiger partial charge in [0.25, 0.3) is 0 Å². The highest BCUT2D eigenvalue weighted by Gasteiger charge is 2.24. The summed E-state index contributed by atoms with van der Waals surface area (Å²) >= 11 is 0. The van der Waals surface area contributed by atoms with Crippen LogP contribution in [0.2, 0.25) is 0 Å². The Labute approximate surface area is 182 Å². The summed E-state index contributed by atoms with van der Waals surface area (Å²) in [5.74, 6) is 1.95. The quantitative estimate of drug-likeness (QED) is 0.483. The largest absolute Gasteiger partial charge is 0.497 e. The molecule has 0 saturated carbocycles. The molecule has 0 bridgehead atoms. The third-order valence-electron chi connectivity index (χ3n) is 5.55. The van der Waals surface area contributed by atoms with Crippen LogP contribution in [0.15, 0.2) is 73.2 Å². The number of anilines is 1. The first kappa shape index (κ1) is 19.4. The summed E-state index contributed by atoms with van der Waals surface area (Å²) in [5, 5.41) is 9.22. The van der Waals surface area contributed by atoms with E-state index in [9.17, 15) is 0 Å². The molecule has 0 aliphatic carbocycles. The van der Waals surface area contributed by atoms with Crippen LogP contribution in [-0.4, -0.2) is 45.3 Å². The number of nitrogens with zero attached hydrogens (tertiary/aromatic N) is 6. The number of rotatable bonds is 6. The summed E-state index contributed by atoms with van der Waals surface area (Å²) in [6, 6.07) is 18.6. The molecule has 1 aliphatic heterocycles. The summed E-state index contributed by atoms with van der Waals surface area (Å²) in [4.78, 5) is 4.65. The van der Waals surface area contributed by atoms with E-state index in [0.717, 1.165) is 43.6 Å². The topological polar surface area (TPSA) is 51.4 Å². The zero-order valence-electron chi connectivity index (χ0n) is 17.8. The maximum absolute atomic E-state index is 5.28. The van der Waals surface area contributed by atoms with Crippen molar-refractivity contribution >= 4 is 5.82 Å². The Bertz CT molecular complexity index is 1130. The van der Waals surface area contributed by atoms with Crippen LogP contribution in [0.25, 0.3) is 5.69 Å². The minimum absolute atomic E-state index is 0.743. The minimum Gasteiger partial charge on any atom is -0.497 e. The number of hydrogen-bond acceptors (Lipinski definition) is 5. The van der Waals surface area contributed by atoms with Crippen LogP contribution in [-0.2, 0) is 19.6 Å². The second kappa shape index (κ2) is 8.28. The van der Waals surface area contributed by atoms with Gasteiger partial charge < -0.3 is 9.64 Å². The van der Waals surface area contributed by atoms with Gasteiger partial charge in [0.05, 0.1) is 26.0 Å². The van der Waals surface area contributed by atoms with Crippen molar-refractivity contribution in [1.82, 2.24) is 24.5 Å². The van der Waals surface area contributed by atoms with E-state index in [0.29, 0.717) is 0 Å². The Kier molecular flexibility index (Phi) is 5.18. The van der Waals surface area contributed by atoms with E-state index < -0.39 is 0 Å². The van der Waals surface area contributed by atoms with Crippen molar-refractivity contribution in [2.75, 3.05) is 25.7 Å². The first-order valence-electron chi connectivity index (χ1n) is 10.4. The molecule has 3 heterocycles. The van der Waals surface area contributed by atoms with Crippen LogP contribution in [0.4, 0.5) is 5.82 Å². The molecule has 0 spiro atoms. The highest BCUT2D eigenvalue weighted by Crippen LogP contribution is 2.27. The normalized spacial score (nSPS) is 13.9. The van der Waals surface area contributed by atoms with E-state index in [1.165, 1.54) is 16.7 Å². The third-order valence-corrected chi connectivity index (χ3v) is 5.55. The number of ether oxygens (including phenoxy) is 1. The predicted molar refractivity (Wildman–Crippen MR) is 120 cm³/mol. The van der Waals surface area contributed by atoms with Gasteiger partial charge in [-0.3, -0.25) is 9.58 Å². The second-order valence-corrected chi connectivity index (χ2v) is 7.99. The SMILES string of the molecule is COc1ccc(CN2CN(C)Cc3cn(Cc4ccc(-n5cccn5)cc4)nc32)cc1. The molecule has 7 nitrogen and oxygen atoms in total. The third kappa shape index (κ3) is 4.18. The summed E-state index contributed by atoms with van der Waals surface area (Å²) < 4.78 is 9.19. The van der Waals surface area contributed by atoms with Gasteiger partial charge in [-0.15, -0.1) is 0 Å². The van der Waals surface area contributed by atoms with Crippen LogP contribution in [0.1, 0.15) is 16.7 Å². The standard InChI is InChI=1S/C24H26N6O/c1-27-16-21-17-29(15-20-4-8-22(9-5-20)30-13-3-12-25-30)26-24(21)28(18-27)14-19-6-10-23(31-2)11-7-19/h3-13,17H,14-16,18H2,1-2H3. The van der Waals surface area contributed by atoms with Crippen molar-refractivity contribution in [2.45, 2.75) is 19.6 Å². The maximum atomic E-state index is 5.28. The number of aromatic nitrogens is 4. The van der Waals surface area contributed by atoms with Gasteiger partial charge in [-0.05, 0) is 48.5 Å². The molecule has 0 fully saturated rings. The molecule has 0 amide bonds. The second-order valence-electron chi connectivity index (χ2n) is 7.99. The van der Waals surface area contributed by atoms with Crippen molar-refractivity contribution in [1.29, 1.82) is 0 Å². The number of benzene rings is 2. The summed E-state index contributed by atoms with van der Waals surface area (Å²) in [6.07, 6.45) is 5.91. The first-order valence-corrected chi connectivity index (χ1v) is 10.4. The Morgan fingerprint density at radius 3 is 2.42 bits per heavy atom. The zero-order chi connectivity index (χ0) is 21.2. The summed E-state index contributed by atoms with van der Waals surface area (Å²) in [5.41, 5.74) is 4.77. The monoisotopic (exact) mass is 414 g/mol. The van der Waals surface area contributed by atoms with Crippen LogP contribution in [0.3, 0.4) is 0 Å². The zero-order valence-corrected chi connectivity index (χ0v) is 17.8. The van der Waals surface area contributed by atoms with E-state index in [1.54, 1.807) is 13.3 Å². The van der Waals surface area contributed by atoms with Gasteiger partial charge in [-0.25, -0.2) is 4.68 Å². The predicted octanol–water partition coefficient (Wildman–Crippen LogP) is 3.54. The Balaban J connectivity index is 1.33. The highest BCUT2D eigenvalue weighted by molar-refractivity contribution is 5.49. The molecule has 0 N–H and O–H groups in total. The van der Waals surface area contributed by atoms with Gasteiger partial charge in [-0.1, -0.05) is 24.3 Å². The average Bonchev–Trinajstić information content (AvgIpc) is 3.45. The van der Waals surface area contributed by atoms with Crippen LogP contribution in [0, 0.1) is 0 Å². The fourth-order valence-electron chi connectivity index (χ4n) is 4.05. The van der Waals surface area contributed by atoms with Gasteiger partial charge in [0, 0.05) is 37.2 Å². The number of hydrogen-bond donors (Lipinski definition) is 0. The number of methoxy groups -OCH3 is 1. The van der Waals surface area contributed by atoms with Crippen molar-refractivity contribution in [3.8, 4) is 11.4 Å². The van der Waals surface area contributed by atoms with Crippen LogP contribution >= 0.6 is 0 Å². The first-order chi connectivity index (χ1) is 15.2. The maximum Gasteiger partial charge on any atom is 0.156 e. The fraction of sp³-hybridized carbons (Fsp3) is 0.250. The lowest BCUT2D eigenvalue weighted by molar-refractivity contribution is 0.307. The molecule has 0 radical (unpaired) electrons. The highest BCUT2D eigenvalue weighted by atomic mass is 16.5. The Morgan fingerprint density at radius 1 is 0.968 bits per heavy atom. The lowest BCUT2D eigenvalue weighted by Crippen LogP contribution is -2.39. The molecule has 31 heavy (non-hydrogen) atoms. The van der Waals surface area contributed by atoms with Crippen LogP contribution < -0.4 is 9.64 Å². The molecule has 0 saturated heterocycles. The molecular formula is C24H26N6O. The fourth-order valence-corrected chi connectivity index (χ4v) is 4.05. The Morgan fingerprint density at radius 2 is 1.71 bits per heavy atom. The molecule has 2 aromatic carbocycles. The Hall–Kier alpha value is -3.58. The lowest BCUT2D eigenvalue weighted by atomic mass is 10.1. The van der Waals surface area contributed by atoms with Gasteiger partial charge in [-0.2, -0.15) is 10.2 Å². The molecule has 7 heteroatoms. The summed E-state index contributed by atoms with van der Waals surface area (Å²) in [6.45, 7) is 3.32. The van der Waals surface area contributed by atoms with Crippen molar-refractivity contribution < 1.29 is 4.74 Å². The molecule has 5 rings (SSSR count). The lowest BCUT2D eigenvalue weighted by Gasteiger charge is -2.33. The van der Waals surface area contributed by atoms with Crippen molar-refractivity contribution in [2.24, 2.45) is 0 Å². The van der Waals surface area contributed by atoms with Crippen molar-refractivity contribution in [3.05, 3.63) is 89.9 Å². The van der Waals surface area contributed by atoms with Gasteiger partial charge in [0.1, 0.15) is 5.75 Å². The molecule has 1 aliphatic rings. The molecule has 0 atom stereocenters. The van der Waals surface area contributed by atoms with Gasteiger partial charge in [0.2, 0.25) is 0 Å². The van der Waals surface area contributed by atoms with Gasteiger partial charge in [0.15, 0.2) is 5.82 Å². The van der Waals surface area contributed by atoms with E-state index in [4.69, 9.17) is 9.84 Å². The van der Waals surface area contributed by atoms with Crippen molar-refractivity contribution in [3.63, 3.8) is 0 Å². The number of fused-ring (bicyclic) bond motifs is 1. The van der Waals surface area contributed by atoms with E-state index in [1.807, 2.05) is 33.8 Å². The van der Waals surface area contributed by atoms with Gasteiger partial charge >= 0.3 is 0 Å². The van der Waals surface area contributed by atoms with E-state index in [2.05, 4.69) is 64.5 Å². The van der Waals surface area contributed by atoms with E-state index in [-0.39, 0.29) is 0 Å². The molecule has 4 aromatic rings. The minimum atomic E-state index is 0.743. The van der Waals surface area contributed by atoms with E-state index >= 15 is 0 Å². The summed E-state index contributed by atoms with van der Waals surface area (Å²) in [7, 11) is 3.84. The average molecular weight is 415 g/mol. The smallest absolute Gasteiger partial charge is 0.156 e. The molecule has 2 aromatic heterocycles. The molecule has 158 valence electrons. The molecule has 0 unspecified atom stereocenters. The molecular weight excluding hydrogens is 388 g/mol. The van der Waals surface area contributed by atoms with Crippen LogP contribution in [0.5, 0.6) is 5.75 Å².